The lowest BCUT2D eigenvalue weighted by atomic mass is 10.1. The summed E-state index contributed by atoms with van der Waals surface area (Å²) in [7, 11) is 1.53. The number of amides is 2. The number of hydrogen-bond donors (Lipinski definition) is 4. The lowest BCUT2D eigenvalue weighted by Crippen LogP contribution is -2.29. The third-order valence-electron chi connectivity index (χ3n) is 6.01. The molecule has 5 rings (SSSR count). The first kappa shape index (κ1) is 25.0. The highest BCUT2D eigenvalue weighted by molar-refractivity contribution is 6.43. The van der Waals surface area contributed by atoms with Crippen molar-refractivity contribution in [1.82, 2.24) is 10.1 Å². The SMILES string of the molecule is COc1cc2c(Nc3ccc(NC(=O)C(=O)Nc4cc(C)on4)cc3F)ccnc2cc1OCC1(N)CC1. The fourth-order valence-electron chi connectivity index (χ4n) is 3.69. The molecule has 2 amide bonds. The first-order valence-electron chi connectivity index (χ1n) is 11.7. The van der Waals surface area contributed by atoms with Crippen molar-refractivity contribution in [2.75, 3.05) is 29.7 Å². The van der Waals surface area contributed by atoms with Crippen molar-refractivity contribution in [2.45, 2.75) is 25.3 Å². The van der Waals surface area contributed by atoms with E-state index in [0.29, 0.717) is 40.5 Å². The second-order valence-electron chi connectivity index (χ2n) is 9.08. The van der Waals surface area contributed by atoms with Gasteiger partial charge in [0.15, 0.2) is 17.3 Å². The predicted octanol–water partition coefficient (Wildman–Crippen LogP) is 3.87. The van der Waals surface area contributed by atoms with Gasteiger partial charge < -0.3 is 30.4 Å². The van der Waals surface area contributed by atoms with Gasteiger partial charge in [0.1, 0.15) is 18.2 Å². The van der Waals surface area contributed by atoms with Crippen molar-refractivity contribution in [1.29, 1.82) is 0 Å². The van der Waals surface area contributed by atoms with E-state index in [1.165, 1.54) is 25.3 Å². The van der Waals surface area contributed by atoms with E-state index in [1.807, 2.05) is 0 Å². The normalized spacial score (nSPS) is 13.6. The number of nitrogens with one attached hydrogen (secondary N) is 3. The van der Waals surface area contributed by atoms with Gasteiger partial charge in [-0.1, -0.05) is 5.16 Å². The van der Waals surface area contributed by atoms with Crippen LogP contribution in [-0.4, -0.2) is 41.2 Å². The molecular weight excluding hydrogens is 495 g/mol. The van der Waals surface area contributed by atoms with E-state index < -0.39 is 17.6 Å². The van der Waals surface area contributed by atoms with Gasteiger partial charge in [-0.15, -0.1) is 0 Å². The average molecular weight is 521 g/mol. The Morgan fingerprint density at radius 2 is 1.87 bits per heavy atom. The van der Waals surface area contributed by atoms with E-state index >= 15 is 0 Å². The van der Waals surface area contributed by atoms with Crippen molar-refractivity contribution in [3.05, 3.63) is 60.2 Å². The van der Waals surface area contributed by atoms with E-state index in [-0.39, 0.29) is 22.7 Å². The molecule has 12 heteroatoms. The van der Waals surface area contributed by atoms with Crippen LogP contribution in [-0.2, 0) is 9.59 Å². The second kappa shape index (κ2) is 9.98. The number of carbonyl (C=O) groups is 2. The third-order valence-corrected chi connectivity index (χ3v) is 6.01. The molecular formula is C26H25FN6O5. The number of rotatable bonds is 8. The topological polar surface area (TPSA) is 154 Å². The maximum absolute atomic E-state index is 15.0. The molecule has 4 aromatic rings. The monoisotopic (exact) mass is 520 g/mol. The summed E-state index contributed by atoms with van der Waals surface area (Å²) in [5, 5.41) is 12.0. The number of pyridine rings is 1. The van der Waals surface area contributed by atoms with Crippen molar-refractivity contribution < 1.29 is 28.0 Å². The standard InChI is InChI=1S/C26H25FN6O5/c1-14-9-23(33-38-14)32-25(35)24(34)30-15-3-4-19(17(27)10-15)31-18-5-8-29-20-12-22(21(36-2)11-16(18)20)37-13-26(28)6-7-26/h3-5,8-12H,6-7,13,28H2,1-2H3,(H,29,31)(H,30,34)(H,32,33,35). The Bertz CT molecular complexity index is 1530. The van der Waals surface area contributed by atoms with Crippen LogP contribution >= 0.6 is 0 Å². The number of anilines is 4. The summed E-state index contributed by atoms with van der Waals surface area (Å²) in [4.78, 5) is 28.7. The number of fused-ring (bicyclic) bond motifs is 1. The molecule has 1 aliphatic rings. The second-order valence-corrected chi connectivity index (χ2v) is 9.08. The third kappa shape index (κ3) is 5.49. The van der Waals surface area contributed by atoms with Gasteiger partial charge in [-0.3, -0.25) is 19.9 Å². The van der Waals surface area contributed by atoms with Crippen molar-refractivity contribution in [3.63, 3.8) is 0 Å². The zero-order valence-corrected chi connectivity index (χ0v) is 20.6. The summed E-state index contributed by atoms with van der Waals surface area (Å²) in [6, 6.07) is 10.7. The van der Waals surface area contributed by atoms with Crippen molar-refractivity contribution in [2.24, 2.45) is 5.73 Å². The zero-order chi connectivity index (χ0) is 26.9. The summed E-state index contributed by atoms with van der Waals surface area (Å²) in [5.74, 6) is -1.02. The van der Waals surface area contributed by atoms with Crippen LogP contribution in [0.3, 0.4) is 0 Å². The summed E-state index contributed by atoms with van der Waals surface area (Å²) >= 11 is 0. The van der Waals surface area contributed by atoms with Crippen LogP contribution in [0.1, 0.15) is 18.6 Å². The summed E-state index contributed by atoms with van der Waals surface area (Å²) in [5.41, 5.74) is 7.28. The van der Waals surface area contributed by atoms with Crippen molar-refractivity contribution in [3.8, 4) is 11.5 Å². The van der Waals surface area contributed by atoms with Crippen LogP contribution in [0.5, 0.6) is 11.5 Å². The van der Waals surface area contributed by atoms with Crippen LogP contribution in [0.25, 0.3) is 10.9 Å². The van der Waals surface area contributed by atoms with E-state index in [4.69, 9.17) is 19.7 Å². The van der Waals surface area contributed by atoms with Crippen molar-refractivity contribution >= 4 is 45.6 Å². The first-order valence-corrected chi connectivity index (χ1v) is 11.7. The molecule has 2 heterocycles. The molecule has 1 aliphatic carbocycles. The number of aromatic nitrogens is 2. The highest BCUT2D eigenvalue weighted by Gasteiger charge is 2.39. The minimum atomic E-state index is -0.988. The van der Waals surface area contributed by atoms with Crippen LogP contribution in [0.4, 0.5) is 27.3 Å². The summed E-state index contributed by atoms with van der Waals surface area (Å²) < 4.78 is 31.2. The number of benzene rings is 2. The van der Waals surface area contributed by atoms with E-state index in [1.54, 1.807) is 31.3 Å². The molecule has 0 aliphatic heterocycles. The molecule has 2 aromatic carbocycles. The maximum Gasteiger partial charge on any atom is 0.315 e. The highest BCUT2D eigenvalue weighted by Crippen LogP contribution is 2.38. The molecule has 0 saturated heterocycles. The molecule has 1 fully saturated rings. The van der Waals surface area contributed by atoms with Gasteiger partial charge in [0.2, 0.25) is 0 Å². The molecule has 0 atom stereocenters. The molecule has 5 N–H and O–H groups in total. The lowest BCUT2D eigenvalue weighted by Gasteiger charge is -2.16. The number of hydrogen-bond acceptors (Lipinski definition) is 9. The minimum absolute atomic E-state index is 0.0967. The van der Waals surface area contributed by atoms with E-state index in [9.17, 15) is 14.0 Å². The molecule has 0 radical (unpaired) electrons. The van der Waals surface area contributed by atoms with Gasteiger partial charge in [0, 0.05) is 35.1 Å². The van der Waals surface area contributed by atoms with Gasteiger partial charge >= 0.3 is 11.8 Å². The van der Waals surface area contributed by atoms with Crippen LogP contribution in [0, 0.1) is 12.7 Å². The Hall–Kier alpha value is -4.71. The minimum Gasteiger partial charge on any atom is -0.493 e. The summed E-state index contributed by atoms with van der Waals surface area (Å²) in [6.45, 7) is 2.02. The van der Waals surface area contributed by atoms with Gasteiger partial charge in [-0.2, -0.15) is 0 Å². The van der Waals surface area contributed by atoms with E-state index in [2.05, 4.69) is 26.1 Å². The Labute approximate surface area is 216 Å². The Morgan fingerprint density at radius 3 is 2.55 bits per heavy atom. The smallest absolute Gasteiger partial charge is 0.315 e. The number of nitrogens with two attached hydrogens (primary N) is 1. The number of carbonyl (C=O) groups excluding carboxylic acids is 2. The Kier molecular flexibility index (Phi) is 6.55. The lowest BCUT2D eigenvalue weighted by molar-refractivity contribution is -0.133. The average Bonchev–Trinajstić information content (AvgIpc) is 3.50. The van der Waals surface area contributed by atoms with Gasteiger partial charge in [-0.25, -0.2) is 4.39 Å². The highest BCUT2D eigenvalue weighted by atomic mass is 19.1. The molecule has 2 aromatic heterocycles. The quantitative estimate of drug-likeness (QED) is 0.254. The first-order chi connectivity index (χ1) is 18.2. The number of nitrogens with zero attached hydrogens (tertiary/aromatic N) is 2. The molecule has 0 bridgehead atoms. The number of halogens is 1. The largest absolute Gasteiger partial charge is 0.493 e. The molecule has 0 spiro atoms. The zero-order valence-electron chi connectivity index (χ0n) is 20.6. The molecule has 11 nitrogen and oxygen atoms in total. The van der Waals surface area contributed by atoms with E-state index in [0.717, 1.165) is 18.9 Å². The fourth-order valence-corrected chi connectivity index (χ4v) is 3.69. The van der Waals surface area contributed by atoms with Crippen LogP contribution in [0.15, 0.2) is 53.2 Å². The maximum atomic E-state index is 15.0. The van der Waals surface area contributed by atoms with Crippen LogP contribution in [0.2, 0.25) is 0 Å². The molecule has 0 unspecified atom stereocenters. The molecule has 1 saturated carbocycles. The van der Waals surface area contributed by atoms with Gasteiger partial charge in [-0.05, 0) is 50.1 Å². The molecule has 196 valence electrons. The Morgan fingerprint density at radius 1 is 1.08 bits per heavy atom. The van der Waals surface area contributed by atoms with Gasteiger partial charge in [0.25, 0.3) is 0 Å². The number of methoxy groups -OCH3 is 1. The fraction of sp³-hybridized carbons (Fsp3) is 0.231. The van der Waals surface area contributed by atoms with Gasteiger partial charge in [0.05, 0.1) is 23.9 Å². The Balaban J connectivity index is 1.30. The number of aryl methyl sites for hydroxylation is 1. The summed E-state index contributed by atoms with van der Waals surface area (Å²) in [6.07, 6.45) is 3.42. The molecule has 38 heavy (non-hydrogen) atoms. The number of ether oxygens (including phenoxy) is 2. The van der Waals surface area contributed by atoms with Crippen LogP contribution < -0.4 is 31.2 Å². The predicted molar refractivity (Wildman–Crippen MR) is 138 cm³/mol.